The summed E-state index contributed by atoms with van der Waals surface area (Å²) < 4.78 is 50.6. The van der Waals surface area contributed by atoms with E-state index in [9.17, 15) is 22.0 Å². The van der Waals surface area contributed by atoms with Crippen LogP contribution in [0.4, 0.5) is 8.78 Å². The van der Waals surface area contributed by atoms with Crippen molar-refractivity contribution in [3.63, 3.8) is 0 Å². The van der Waals surface area contributed by atoms with Gasteiger partial charge in [-0.1, -0.05) is 12.1 Å². The predicted molar refractivity (Wildman–Crippen MR) is 86.9 cm³/mol. The van der Waals surface area contributed by atoms with Crippen molar-refractivity contribution >= 4 is 15.9 Å². The molecule has 1 amide bonds. The largest absolute Gasteiger partial charge is 0.435 e. The molecule has 0 aliphatic heterocycles. The fourth-order valence-corrected chi connectivity index (χ4v) is 2.57. The highest BCUT2D eigenvalue weighted by Crippen LogP contribution is 2.15. The summed E-state index contributed by atoms with van der Waals surface area (Å²) in [6, 6.07) is 11.4. The lowest BCUT2D eigenvalue weighted by molar-refractivity contribution is -0.0498. The smallest absolute Gasteiger partial charge is 0.387 e. The van der Waals surface area contributed by atoms with Crippen molar-refractivity contribution in [2.45, 2.75) is 17.9 Å². The predicted octanol–water partition coefficient (Wildman–Crippen LogP) is 1.91. The first-order valence-electron chi connectivity index (χ1n) is 7.20. The van der Waals surface area contributed by atoms with Crippen LogP contribution in [0.25, 0.3) is 0 Å². The van der Waals surface area contributed by atoms with E-state index < -0.39 is 16.6 Å². The van der Waals surface area contributed by atoms with E-state index in [0.717, 1.165) is 5.56 Å². The van der Waals surface area contributed by atoms with Crippen molar-refractivity contribution < 1.29 is 26.7 Å². The van der Waals surface area contributed by atoms with Crippen LogP contribution in [0.5, 0.6) is 5.75 Å². The fourth-order valence-electron chi connectivity index (χ4n) is 2.06. The molecule has 0 aromatic heterocycles. The minimum absolute atomic E-state index is 0.0198. The zero-order valence-corrected chi connectivity index (χ0v) is 13.8. The summed E-state index contributed by atoms with van der Waals surface area (Å²) in [7, 11) is -3.73. The van der Waals surface area contributed by atoms with Gasteiger partial charge >= 0.3 is 6.61 Å². The van der Waals surface area contributed by atoms with E-state index in [1.54, 1.807) is 12.1 Å². The summed E-state index contributed by atoms with van der Waals surface area (Å²) in [4.78, 5) is 12.0. The van der Waals surface area contributed by atoms with E-state index in [-0.39, 0.29) is 16.6 Å². The molecule has 3 N–H and O–H groups in total. The molecule has 0 aliphatic rings. The first-order chi connectivity index (χ1) is 11.8. The van der Waals surface area contributed by atoms with E-state index in [1.807, 2.05) is 0 Å². The standard InChI is InChI=1S/C16H16F2N2O4S/c17-16(18)24-13-5-3-12(4-6-13)15(21)20-10-9-11-1-7-14(8-2-11)25(19,22)23/h1-8,16H,9-10H2,(H,20,21)(H2,19,22,23). The van der Waals surface area contributed by atoms with E-state index in [2.05, 4.69) is 10.1 Å². The molecule has 0 aliphatic carbocycles. The second kappa shape index (κ2) is 8.04. The fraction of sp³-hybridized carbons (Fsp3) is 0.188. The molecule has 0 saturated carbocycles. The van der Waals surface area contributed by atoms with Crippen molar-refractivity contribution in [1.29, 1.82) is 0 Å². The molecule has 0 fully saturated rings. The quantitative estimate of drug-likeness (QED) is 0.778. The Hall–Kier alpha value is -2.52. The van der Waals surface area contributed by atoms with E-state index >= 15 is 0 Å². The zero-order chi connectivity index (χ0) is 18.4. The highest BCUT2D eigenvalue weighted by atomic mass is 32.2. The Morgan fingerprint density at radius 1 is 1.08 bits per heavy atom. The third kappa shape index (κ3) is 5.80. The van der Waals surface area contributed by atoms with Crippen LogP contribution in [0, 0.1) is 0 Å². The first kappa shape index (κ1) is 18.8. The van der Waals surface area contributed by atoms with Gasteiger partial charge in [-0.3, -0.25) is 4.79 Å². The Balaban J connectivity index is 1.86. The van der Waals surface area contributed by atoms with Crippen molar-refractivity contribution in [2.24, 2.45) is 5.14 Å². The van der Waals surface area contributed by atoms with Gasteiger partial charge in [-0.15, -0.1) is 0 Å². The van der Waals surface area contributed by atoms with Crippen LogP contribution in [-0.4, -0.2) is 27.5 Å². The summed E-state index contributed by atoms with van der Waals surface area (Å²) in [5, 5.41) is 7.69. The highest BCUT2D eigenvalue weighted by molar-refractivity contribution is 7.89. The molecule has 134 valence electrons. The molecule has 9 heteroatoms. The Morgan fingerprint density at radius 3 is 2.20 bits per heavy atom. The van der Waals surface area contributed by atoms with E-state index in [1.165, 1.54) is 36.4 Å². The topological polar surface area (TPSA) is 98.5 Å². The molecule has 25 heavy (non-hydrogen) atoms. The summed E-state index contributed by atoms with van der Waals surface area (Å²) in [5.41, 5.74) is 1.14. The number of carbonyl (C=O) groups is 1. The molecule has 0 atom stereocenters. The summed E-state index contributed by atoms with van der Waals surface area (Å²) >= 11 is 0. The van der Waals surface area contributed by atoms with Crippen LogP contribution in [0.2, 0.25) is 0 Å². The van der Waals surface area contributed by atoms with Gasteiger partial charge in [-0.05, 0) is 48.4 Å². The Morgan fingerprint density at radius 2 is 1.68 bits per heavy atom. The zero-order valence-electron chi connectivity index (χ0n) is 13.0. The maximum Gasteiger partial charge on any atom is 0.387 e. The molecule has 0 saturated heterocycles. The molecular weight excluding hydrogens is 354 g/mol. The number of amides is 1. The SMILES string of the molecule is NS(=O)(=O)c1ccc(CCNC(=O)c2ccc(OC(F)F)cc2)cc1. The number of halogens is 2. The van der Waals surface area contributed by atoms with Crippen molar-refractivity contribution in [2.75, 3.05) is 6.54 Å². The third-order valence-corrected chi connectivity index (χ3v) is 4.22. The Kier molecular flexibility index (Phi) is 6.05. The maximum absolute atomic E-state index is 12.1. The molecule has 6 nitrogen and oxygen atoms in total. The minimum atomic E-state index is -3.73. The normalized spacial score (nSPS) is 11.4. The lowest BCUT2D eigenvalue weighted by atomic mass is 10.1. The van der Waals surface area contributed by atoms with Crippen molar-refractivity contribution in [1.82, 2.24) is 5.32 Å². The van der Waals surface area contributed by atoms with Gasteiger partial charge in [0, 0.05) is 12.1 Å². The first-order valence-corrected chi connectivity index (χ1v) is 8.75. The highest BCUT2D eigenvalue weighted by Gasteiger charge is 2.09. The van der Waals surface area contributed by atoms with Gasteiger partial charge < -0.3 is 10.1 Å². The number of hydrogen-bond acceptors (Lipinski definition) is 4. The maximum atomic E-state index is 12.1. The van der Waals surface area contributed by atoms with E-state index in [0.29, 0.717) is 18.5 Å². The number of rotatable bonds is 7. The van der Waals surface area contributed by atoms with Crippen LogP contribution >= 0.6 is 0 Å². The molecule has 2 aromatic carbocycles. The van der Waals surface area contributed by atoms with Crippen LogP contribution < -0.4 is 15.2 Å². The molecule has 0 radical (unpaired) electrons. The van der Waals surface area contributed by atoms with Gasteiger partial charge in [-0.25, -0.2) is 13.6 Å². The van der Waals surface area contributed by atoms with Gasteiger partial charge in [0.05, 0.1) is 4.90 Å². The number of hydrogen-bond donors (Lipinski definition) is 2. The molecule has 0 heterocycles. The Labute approximate surface area is 143 Å². The number of ether oxygens (including phenoxy) is 1. The minimum Gasteiger partial charge on any atom is -0.435 e. The third-order valence-electron chi connectivity index (χ3n) is 3.29. The second-order valence-corrected chi connectivity index (χ2v) is 6.66. The molecule has 0 unspecified atom stereocenters. The van der Waals surface area contributed by atoms with E-state index in [4.69, 9.17) is 5.14 Å². The summed E-state index contributed by atoms with van der Waals surface area (Å²) in [6.07, 6.45) is 0.489. The lowest BCUT2D eigenvalue weighted by Gasteiger charge is -2.07. The number of benzene rings is 2. The summed E-state index contributed by atoms with van der Waals surface area (Å²) in [5.74, 6) is -0.383. The number of nitrogens with two attached hydrogens (primary N) is 1. The number of sulfonamides is 1. The van der Waals surface area contributed by atoms with Crippen LogP contribution in [0.3, 0.4) is 0 Å². The van der Waals surface area contributed by atoms with Gasteiger partial charge in [0.2, 0.25) is 10.0 Å². The van der Waals surface area contributed by atoms with Crippen LogP contribution in [0.1, 0.15) is 15.9 Å². The molecule has 2 aromatic rings. The second-order valence-electron chi connectivity index (χ2n) is 5.10. The van der Waals surface area contributed by atoms with Gasteiger partial charge in [0.15, 0.2) is 0 Å². The average Bonchev–Trinajstić information content (AvgIpc) is 2.54. The molecule has 0 bridgehead atoms. The number of primary sulfonamides is 1. The summed E-state index contributed by atoms with van der Waals surface area (Å²) in [6.45, 7) is -2.59. The number of nitrogens with one attached hydrogen (secondary N) is 1. The van der Waals surface area contributed by atoms with Crippen molar-refractivity contribution in [3.8, 4) is 5.75 Å². The van der Waals surface area contributed by atoms with Gasteiger partial charge in [0.25, 0.3) is 5.91 Å². The molecule has 0 spiro atoms. The molecule has 2 rings (SSSR count). The number of carbonyl (C=O) groups excluding carboxylic acids is 1. The van der Waals surface area contributed by atoms with Crippen LogP contribution in [-0.2, 0) is 16.4 Å². The van der Waals surface area contributed by atoms with Gasteiger partial charge in [0.1, 0.15) is 5.75 Å². The Bertz CT molecular complexity index is 822. The molecular formula is C16H16F2N2O4S. The monoisotopic (exact) mass is 370 g/mol. The van der Waals surface area contributed by atoms with Crippen molar-refractivity contribution in [3.05, 3.63) is 59.7 Å². The average molecular weight is 370 g/mol. The van der Waals surface area contributed by atoms with Crippen LogP contribution in [0.15, 0.2) is 53.4 Å². The lowest BCUT2D eigenvalue weighted by Crippen LogP contribution is -2.25. The van der Waals surface area contributed by atoms with Gasteiger partial charge in [-0.2, -0.15) is 8.78 Å². The number of alkyl halides is 2.